The molecule has 116 valence electrons. The van der Waals surface area contributed by atoms with Gasteiger partial charge in [-0.25, -0.2) is 0 Å². The van der Waals surface area contributed by atoms with Crippen molar-refractivity contribution in [2.75, 3.05) is 19.7 Å². The van der Waals surface area contributed by atoms with Crippen molar-refractivity contribution in [1.82, 2.24) is 4.90 Å². The Morgan fingerprint density at radius 1 is 1.33 bits per heavy atom. The van der Waals surface area contributed by atoms with Gasteiger partial charge in [0.1, 0.15) is 5.75 Å². The van der Waals surface area contributed by atoms with Gasteiger partial charge in [0, 0.05) is 25.6 Å². The highest BCUT2D eigenvalue weighted by molar-refractivity contribution is 5.78. The number of ether oxygens (including phenoxy) is 1. The van der Waals surface area contributed by atoms with Crippen molar-refractivity contribution in [2.45, 2.75) is 33.2 Å². The summed E-state index contributed by atoms with van der Waals surface area (Å²) >= 11 is 0. The van der Waals surface area contributed by atoms with Crippen LogP contribution in [0.1, 0.15) is 38.8 Å². The fraction of sp³-hybridized carbons (Fsp3) is 0.588. The molecule has 2 atom stereocenters. The van der Waals surface area contributed by atoms with Crippen LogP contribution in [0.15, 0.2) is 24.3 Å². The Morgan fingerprint density at radius 2 is 2.00 bits per heavy atom. The van der Waals surface area contributed by atoms with Gasteiger partial charge < -0.3 is 15.4 Å². The number of benzene rings is 1. The van der Waals surface area contributed by atoms with Gasteiger partial charge in [-0.15, -0.1) is 0 Å². The Bertz CT molecular complexity index is 470. The Kier molecular flexibility index (Phi) is 5.23. The molecule has 1 fully saturated rings. The lowest BCUT2D eigenvalue weighted by atomic mass is 9.95. The normalized spacial score (nSPS) is 20.1. The average molecular weight is 290 g/mol. The maximum Gasteiger partial charge on any atom is 0.222 e. The summed E-state index contributed by atoms with van der Waals surface area (Å²) < 4.78 is 5.43. The molecule has 0 radical (unpaired) electrons. The van der Waals surface area contributed by atoms with E-state index >= 15 is 0 Å². The lowest BCUT2D eigenvalue weighted by molar-refractivity contribution is -0.128. The van der Waals surface area contributed by atoms with Crippen LogP contribution in [-0.2, 0) is 4.79 Å². The molecule has 0 aliphatic carbocycles. The number of carbonyl (C=O) groups excluding carboxylic acids is 1. The van der Waals surface area contributed by atoms with Gasteiger partial charge in [0.05, 0.1) is 6.61 Å². The minimum atomic E-state index is -0.143. The largest absolute Gasteiger partial charge is 0.494 e. The molecule has 0 aromatic heterocycles. The number of rotatable bonds is 6. The number of hydrogen-bond donors (Lipinski definition) is 1. The third kappa shape index (κ3) is 3.97. The van der Waals surface area contributed by atoms with E-state index in [9.17, 15) is 4.79 Å². The molecule has 4 nitrogen and oxygen atoms in total. The van der Waals surface area contributed by atoms with E-state index in [0.717, 1.165) is 17.9 Å². The van der Waals surface area contributed by atoms with Crippen LogP contribution >= 0.6 is 0 Å². The first kappa shape index (κ1) is 15.8. The summed E-state index contributed by atoms with van der Waals surface area (Å²) in [6, 6.07) is 7.69. The summed E-state index contributed by atoms with van der Waals surface area (Å²) in [5.74, 6) is 2.09. The van der Waals surface area contributed by atoms with Crippen LogP contribution in [0, 0.1) is 11.8 Å². The maximum atomic E-state index is 12.0. The van der Waals surface area contributed by atoms with E-state index in [1.165, 1.54) is 0 Å². The van der Waals surface area contributed by atoms with Crippen LogP contribution in [0.4, 0.5) is 0 Å². The monoisotopic (exact) mass is 290 g/mol. The van der Waals surface area contributed by atoms with E-state index in [0.29, 0.717) is 31.4 Å². The number of likely N-dealkylation sites (tertiary alicyclic amines) is 1. The average Bonchev–Trinajstić information content (AvgIpc) is 2.81. The lowest BCUT2D eigenvalue weighted by Gasteiger charge is -2.22. The van der Waals surface area contributed by atoms with Gasteiger partial charge in [-0.3, -0.25) is 4.79 Å². The Morgan fingerprint density at radius 3 is 2.52 bits per heavy atom. The number of hydrogen-bond acceptors (Lipinski definition) is 3. The summed E-state index contributed by atoms with van der Waals surface area (Å²) in [7, 11) is 0. The second-order valence-electron chi connectivity index (χ2n) is 6.12. The zero-order chi connectivity index (χ0) is 15.4. The topological polar surface area (TPSA) is 55.6 Å². The molecular weight excluding hydrogens is 264 g/mol. The van der Waals surface area contributed by atoms with Crippen molar-refractivity contribution in [3.05, 3.63) is 29.8 Å². The SMILES string of the molecule is CCOc1ccc(C(N)CN2CC(C(C)C)CC2=O)cc1. The third-order valence-electron chi connectivity index (χ3n) is 4.22. The van der Waals surface area contributed by atoms with Gasteiger partial charge in [-0.1, -0.05) is 26.0 Å². The Labute approximate surface area is 127 Å². The highest BCUT2D eigenvalue weighted by Gasteiger charge is 2.32. The summed E-state index contributed by atoms with van der Waals surface area (Å²) in [6.07, 6.45) is 0.660. The molecule has 1 aromatic carbocycles. The first-order valence-corrected chi connectivity index (χ1v) is 7.77. The molecule has 4 heteroatoms. The second-order valence-corrected chi connectivity index (χ2v) is 6.12. The number of carbonyl (C=O) groups is 1. The van der Waals surface area contributed by atoms with E-state index in [1.54, 1.807) is 0 Å². The smallest absolute Gasteiger partial charge is 0.222 e. The van der Waals surface area contributed by atoms with Gasteiger partial charge in [-0.05, 0) is 36.5 Å². The molecule has 2 rings (SSSR count). The fourth-order valence-corrected chi connectivity index (χ4v) is 2.75. The second kappa shape index (κ2) is 6.94. The van der Waals surface area contributed by atoms with Gasteiger partial charge >= 0.3 is 0 Å². The molecule has 1 amide bonds. The molecule has 1 aliphatic rings. The maximum absolute atomic E-state index is 12.0. The van der Waals surface area contributed by atoms with Crippen LogP contribution in [0.5, 0.6) is 5.75 Å². The minimum Gasteiger partial charge on any atom is -0.494 e. The van der Waals surface area contributed by atoms with Gasteiger partial charge in [0.2, 0.25) is 5.91 Å². The number of nitrogens with zero attached hydrogens (tertiary/aromatic N) is 1. The Balaban J connectivity index is 1.95. The standard InChI is InChI=1S/C17H26N2O2/c1-4-21-15-7-5-13(6-8-15)16(18)11-19-10-14(12(2)3)9-17(19)20/h5-8,12,14,16H,4,9-11,18H2,1-3H3. The summed E-state index contributed by atoms with van der Waals surface area (Å²) in [6.45, 7) is 8.40. The quantitative estimate of drug-likeness (QED) is 0.876. The van der Waals surface area contributed by atoms with Crippen LogP contribution in [0.3, 0.4) is 0 Å². The highest BCUT2D eigenvalue weighted by Crippen LogP contribution is 2.26. The van der Waals surface area contributed by atoms with Crippen LogP contribution in [0.25, 0.3) is 0 Å². The summed E-state index contributed by atoms with van der Waals surface area (Å²) in [5, 5.41) is 0. The van der Waals surface area contributed by atoms with Gasteiger partial charge in [0.25, 0.3) is 0 Å². The number of nitrogens with two attached hydrogens (primary N) is 1. The third-order valence-corrected chi connectivity index (χ3v) is 4.22. The minimum absolute atomic E-state index is 0.143. The van der Waals surface area contributed by atoms with E-state index < -0.39 is 0 Å². The molecular formula is C17H26N2O2. The van der Waals surface area contributed by atoms with E-state index in [-0.39, 0.29) is 11.9 Å². The van der Waals surface area contributed by atoms with Crippen LogP contribution < -0.4 is 10.5 Å². The predicted molar refractivity (Wildman–Crippen MR) is 84.1 cm³/mol. The van der Waals surface area contributed by atoms with Gasteiger partial charge in [-0.2, -0.15) is 0 Å². The molecule has 1 aliphatic heterocycles. The Hall–Kier alpha value is -1.55. The lowest BCUT2D eigenvalue weighted by Crippen LogP contribution is -2.33. The van der Waals surface area contributed by atoms with E-state index in [1.807, 2.05) is 36.1 Å². The van der Waals surface area contributed by atoms with E-state index in [4.69, 9.17) is 10.5 Å². The molecule has 0 bridgehead atoms. The fourth-order valence-electron chi connectivity index (χ4n) is 2.75. The molecule has 1 heterocycles. The molecule has 0 spiro atoms. The molecule has 21 heavy (non-hydrogen) atoms. The molecule has 2 N–H and O–H groups in total. The molecule has 0 saturated carbocycles. The number of amides is 1. The zero-order valence-electron chi connectivity index (χ0n) is 13.2. The van der Waals surface area contributed by atoms with Crippen molar-refractivity contribution in [2.24, 2.45) is 17.6 Å². The van der Waals surface area contributed by atoms with Crippen molar-refractivity contribution in [3.63, 3.8) is 0 Å². The predicted octanol–water partition coefficient (Wildman–Crippen LogP) is 2.59. The molecule has 1 saturated heterocycles. The van der Waals surface area contributed by atoms with Crippen molar-refractivity contribution in [1.29, 1.82) is 0 Å². The molecule has 1 aromatic rings. The van der Waals surface area contributed by atoms with Crippen molar-refractivity contribution >= 4 is 5.91 Å². The summed E-state index contributed by atoms with van der Waals surface area (Å²) in [5.41, 5.74) is 7.29. The van der Waals surface area contributed by atoms with Crippen LogP contribution in [-0.4, -0.2) is 30.5 Å². The molecule has 2 unspecified atom stereocenters. The first-order chi connectivity index (χ1) is 10.0. The zero-order valence-corrected chi connectivity index (χ0v) is 13.2. The highest BCUT2D eigenvalue weighted by atomic mass is 16.5. The van der Waals surface area contributed by atoms with E-state index in [2.05, 4.69) is 13.8 Å². The van der Waals surface area contributed by atoms with Crippen molar-refractivity contribution < 1.29 is 9.53 Å². The summed E-state index contributed by atoms with van der Waals surface area (Å²) in [4.78, 5) is 14.0. The first-order valence-electron chi connectivity index (χ1n) is 7.77. The van der Waals surface area contributed by atoms with Gasteiger partial charge in [0.15, 0.2) is 0 Å². The van der Waals surface area contributed by atoms with Crippen molar-refractivity contribution in [3.8, 4) is 5.75 Å². The van der Waals surface area contributed by atoms with Crippen LogP contribution in [0.2, 0.25) is 0 Å².